The van der Waals surface area contributed by atoms with E-state index in [0.29, 0.717) is 64.2 Å². The number of benzene rings is 2. The van der Waals surface area contributed by atoms with E-state index in [-0.39, 0.29) is 42.5 Å². The zero-order chi connectivity index (χ0) is 37.1. The average molecular weight is 752 g/mol. The van der Waals surface area contributed by atoms with E-state index in [4.69, 9.17) is 4.74 Å². The summed E-state index contributed by atoms with van der Waals surface area (Å²) in [5, 5.41) is 24.7. The Labute approximate surface area is 315 Å². The largest absolute Gasteiger partial charge is 0.448 e. The van der Waals surface area contributed by atoms with Gasteiger partial charge in [-0.3, -0.25) is 9.79 Å². The van der Waals surface area contributed by atoms with Crippen LogP contribution < -0.4 is 21.3 Å². The Morgan fingerprint density at radius 2 is 1.58 bits per heavy atom. The van der Waals surface area contributed by atoms with E-state index in [2.05, 4.69) is 45.1 Å². The molecule has 0 spiro atoms. The first kappa shape index (κ1) is 40.8. The number of thiazole rings is 1. The van der Waals surface area contributed by atoms with Gasteiger partial charge >= 0.3 is 12.1 Å². The number of thioether (sulfide) groups is 1. The summed E-state index contributed by atoms with van der Waals surface area (Å²) >= 11 is 3.13. The second kappa shape index (κ2) is 22.2. The van der Waals surface area contributed by atoms with Crippen LogP contribution in [0.1, 0.15) is 60.9 Å². The molecule has 282 valence electrons. The van der Waals surface area contributed by atoms with Gasteiger partial charge in [0.1, 0.15) is 12.6 Å². The van der Waals surface area contributed by atoms with Crippen LogP contribution in [0.3, 0.4) is 0 Å². The van der Waals surface area contributed by atoms with Crippen molar-refractivity contribution in [2.24, 2.45) is 4.99 Å². The number of carbonyl (C=O) groups excluding carboxylic acids is 3. The summed E-state index contributed by atoms with van der Waals surface area (Å²) in [4.78, 5) is 50.7. The number of nitrogens with one attached hydrogen (secondary N) is 4. The zero-order valence-corrected chi connectivity index (χ0v) is 32.0. The first-order valence-electron chi connectivity index (χ1n) is 17.9. The number of hydrogen-bond donors (Lipinski definition) is 5. The standard InChI is InChI=1S/C38H53N7O5S2/c1-27(2)36-42-32(25-51-36)23-45(3)37(48)44-34(16-17-39-18-19-46)35(47)41-30(20-28-10-6-4-7-11-28)14-15-31(21-29-12-8-5-9-13-29)43-38(49)50-24-33-22-40-26-52-33/h4-13,25-27,30-31,33-34,39,46H,14-24H2,1-3H3,(H,41,47)(H,43,49)(H,44,48). The van der Waals surface area contributed by atoms with Crippen molar-refractivity contribution >= 4 is 46.7 Å². The predicted molar refractivity (Wildman–Crippen MR) is 209 cm³/mol. The lowest BCUT2D eigenvalue weighted by Crippen LogP contribution is -2.53. The van der Waals surface area contributed by atoms with Crippen LogP contribution >= 0.6 is 23.1 Å². The zero-order valence-electron chi connectivity index (χ0n) is 30.3. The molecule has 0 saturated carbocycles. The molecular formula is C38H53N7O5S2. The van der Waals surface area contributed by atoms with Crippen molar-refractivity contribution in [3.05, 3.63) is 87.9 Å². The molecule has 0 radical (unpaired) electrons. The number of aliphatic imine (C=N–C) groups is 1. The number of rotatable bonds is 21. The minimum Gasteiger partial charge on any atom is -0.448 e. The first-order chi connectivity index (χ1) is 25.2. The van der Waals surface area contributed by atoms with Gasteiger partial charge in [0.15, 0.2) is 0 Å². The normalized spacial score (nSPS) is 15.5. The molecule has 52 heavy (non-hydrogen) atoms. The number of nitrogens with zero attached hydrogens (tertiary/aromatic N) is 3. The lowest BCUT2D eigenvalue weighted by molar-refractivity contribution is -0.123. The summed E-state index contributed by atoms with van der Waals surface area (Å²) in [5.74, 6) is 0.00299. The van der Waals surface area contributed by atoms with Crippen LogP contribution in [0.4, 0.5) is 9.59 Å². The van der Waals surface area contributed by atoms with Crippen LogP contribution in [0.15, 0.2) is 71.0 Å². The van der Waals surface area contributed by atoms with Crippen molar-refractivity contribution in [3.63, 3.8) is 0 Å². The summed E-state index contributed by atoms with van der Waals surface area (Å²) < 4.78 is 5.56. The molecule has 0 bridgehead atoms. The van der Waals surface area contributed by atoms with E-state index in [9.17, 15) is 19.5 Å². The number of urea groups is 1. The minimum absolute atomic E-state index is 0.0309. The van der Waals surface area contributed by atoms with Crippen LogP contribution in [-0.4, -0.2) is 102 Å². The van der Waals surface area contributed by atoms with Crippen LogP contribution in [0, 0.1) is 0 Å². The van der Waals surface area contributed by atoms with Gasteiger partial charge < -0.3 is 36.0 Å². The number of aliphatic hydroxyl groups excluding tert-OH is 1. The van der Waals surface area contributed by atoms with Crippen molar-refractivity contribution in [1.29, 1.82) is 0 Å². The number of hydrogen-bond acceptors (Lipinski definition) is 10. The van der Waals surface area contributed by atoms with E-state index in [1.54, 1.807) is 35.7 Å². The second-order valence-electron chi connectivity index (χ2n) is 13.3. The molecule has 1 aliphatic rings. The number of ether oxygens (including phenoxy) is 1. The van der Waals surface area contributed by atoms with Gasteiger partial charge in [-0.2, -0.15) is 0 Å². The summed E-state index contributed by atoms with van der Waals surface area (Å²) in [6.07, 6.45) is 2.16. The molecule has 4 atom stereocenters. The highest BCUT2D eigenvalue weighted by molar-refractivity contribution is 8.12. The van der Waals surface area contributed by atoms with E-state index in [1.807, 2.05) is 66.0 Å². The van der Waals surface area contributed by atoms with Crippen LogP contribution in [0.25, 0.3) is 0 Å². The van der Waals surface area contributed by atoms with Gasteiger partial charge in [-0.05, 0) is 49.8 Å². The highest BCUT2D eigenvalue weighted by Crippen LogP contribution is 2.20. The molecule has 4 rings (SSSR count). The van der Waals surface area contributed by atoms with Crippen molar-refractivity contribution < 1.29 is 24.2 Å². The molecule has 0 fully saturated rings. The first-order valence-corrected chi connectivity index (χ1v) is 19.7. The number of aliphatic hydroxyl groups is 1. The van der Waals surface area contributed by atoms with Crippen LogP contribution in [0.2, 0.25) is 0 Å². The van der Waals surface area contributed by atoms with Gasteiger partial charge in [0.25, 0.3) is 0 Å². The summed E-state index contributed by atoms with van der Waals surface area (Å²) in [6.45, 7) is 6.16. The number of carbonyl (C=O) groups is 3. The third-order valence-electron chi connectivity index (χ3n) is 8.54. The molecule has 12 nitrogen and oxygen atoms in total. The Kier molecular flexibility index (Phi) is 17.4. The highest BCUT2D eigenvalue weighted by atomic mass is 32.2. The molecule has 1 aliphatic heterocycles. The molecule has 3 aromatic rings. The topological polar surface area (TPSA) is 157 Å². The Bertz CT molecular complexity index is 1530. The van der Waals surface area contributed by atoms with Crippen molar-refractivity contribution in [3.8, 4) is 0 Å². The third kappa shape index (κ3) is 14.6. The SMILES string of the molecule is CC(C)c1nc(CN(C)C(=O)NC(CCNCCO)C(=O)NC(CCC(Cc2ccccc2)NC(=O)OCC2CN=CS2)Cc2ccccc2)cs1. The maximum absolute atomic E-state index is 14.0. The van der Waals surface area contributed by atoms with Gasteiger partial charge in [0.2, 0.25) is 5.91 Å². The Hall–Kier alpha value is -3.98. The number of aromatic nitrogens is 1. The highest BCUT2D eigenvalue weighted by Gasteiger charge is 2.26. The molecule has 0 aliphatic carbocycles. The summed E-state index contributed by atoms with van der Waals surface area (Å²) in [7, 11) is 1.69. The fourth-order valence-electron chi connectivity index (χ4n) is 5.71. The quantitative estimate of drug-likeness (QED) is 0.0979. The number of alkyl carbamates (subject to hydrolysis) is 1. The van der Waals surface area contributed by atoms with E-state index in [0.717, 1.165) is 21.8 Å². The maximum atomic E-state index is 14.0. The molecule has 14 heteroatoms. The predicted octanol–water partition coefficient (Wildman–Crippen LogP) is 4.74. The Morgan fingerprint density at radius 3 is 2.15 bits per heavy atom. The van der Waals surface area contributed by atoms with Crippen molar-refractivity contribution in [1.82, 2.24) is 31.2 Å². The second-order valence-corrected chi connectivity index (χ2v) is 15.3. The monoisotopic (exact) mass is 751 g/mol. The van der Waals surface area contributed by atoms with Gasteiger partial charge in [-0.25, -0.2) is 14.6 Å². The third-order valence-corrected chi connectivity index (χ3v) is 10.7. The molecule has 1 aromatic heterocycles. The maximum Gasteiger partial charge on any atom is 0.407 e. The van der Waals surface area contributed by atoms with E-state index < -0.39 is 12.1 Å². The molecule has 0 saturated heterocycles. The van der Waals surface area contributed by atoms with Gasteiger partial charge in [-0.15, -0.1) is 23.1 Å². The number of amides is 4. The molecular weight excluding hydrogens is 699 g/mol. The molecule has 2 aromatic carbocycles. The van der Waals surface area contributed by atoms with E-state index in [1.165, 1.54) is 4.90 Å². The lowest BCUT2D eigenvalue weighted by Gasteiger charge is -2.27. The lowest BCUT2D eigenvalue weighted by atomic mass is 9.95. The minimum atomic E-state index is -0.827. The van der Waals surface area contributed by atoms with Crippen LogP contribution in [0.5, 0.6) is 0 Å². The molecule has 4 amide bonds. The van der Waals surface area contributed by atoms with Crippen LogP contribution in [-0.2, 0) is 28.9 Å². The van der Waals surface area contributed by atoms with Gasteiger partial charge in [0, 0.05) is 37.0 Å². The average Bonchev–Trinajstić information content (AvgIpc) is 3.84. The molecule has 2 heterocycles. The Morgan fingerprint density at radius 1 is 0.923 bits per heavy atom. The van der Waals surface area contributed by atoms with Crippen molar-refractivity contribution in [2.45, 2.75) is 81.8 Å². The van der Waals surface area contributed by atoms with Gasteiger partial charge in [-0.1, -0.05) is 74.5 Å². The summed E-state index contributed by atoms with van der Waals surface area (Å²) in [6, 6.07) is 18.2. The fourth-order valence-corrected chi connectivity index (χ4v) is 7.20. The Balaban J connectivity index is 1.44. The smallest absolute Gasteiger partial charge is 0.407 e. The fraction of sp³-hybridized carbons (Fsp3) is 0.500. The summed E-state index contributed by atoms with van der Waals surface area (Å²) in [5.41, 5.74) is 4.73. The van der Waals surface area contributed by atoms with Crippen molar-refractivity contribution in [2.75, 3.05) is 39.9 Å². The van der Waals surface area contributed by atoms with Gasteiger partial charge in [0.05, 0.1) is 41.2 Å². The van der Waals surface area contributed by atoms with E-state index >= 15 is 0 Å². The molecule has 4 unspecified atom stereocenters. The molecule has 5 N–H and O–H groups in total.